The second-order valence-corrected chi connectivity index (χ2v) is 10.7. The normalized spacial score (nSPS) is 26.2. The van der Waals surface area contributed by atoms with Crippen LogP contribution in [-0.2, 0) is 19.2 Å². The van der Waals surface area contributed by atoms with E-state index in [-0.39, 0.29) is 39.8 Å². The van der Waals surface area contributed by atoms with Gasteiger partial charge in [-0.25, -0.2) is 4.39 Å². The maximum absolute atomic E-state index is 14.5. The number of nitro benzene ring substituents is 1. The molecule has 0 radical (unpaired) electrons. The molecule has 39 heavy (non-hydrogen) atoms. The lowest BCUT2D eigenvalue weighted by atomic mass is 9.59. The number of ketones is 2. The van der Waals surface area contributed by atoms with Crippen LogP contribution >= 0.6 is 15.9 Å². The topological polar surface area (TPSA) is 135 Å². The largest absolute Gasteiger partial charge is 0.505 e. The summed E-state index contributed by atoms with van der Waals surface area (Å²) in [5.41, 5.74) is 1.38. The van der Waals surface area contributed by atoms with E-state index >= 15 is 0 Å². The number of hydrogen-bond acceptors (Lipinski definition) is 7. The molecule has 9 nitrogen and oxygen atoms in total. The molecule has 4 aliphatic rings. The van der Waals surface area contributed by atoms with E-state index in [1.165, 1.54) is 42.5 Å². The Hall–Kier alpha value is -4.25. The number of phenolic OH excluding ortho intramolecular Hbond substituents is 1. The maximum Gasteiger partial charge on any atom is 0.269 e. The number of phenols is 1. The molecule has 0 saturated carbocycles. The lowest BCUT2D eigenvalue weighted by molar-refractivity contribution is -0.384. The molecular formula is C28H18BrFN2O7. The number of carbonyl (C=O) groups is 4. The summed E-state index contributed by atoms with van der Waals surface area (Å²) in [6.45, 7) is 0. The number of nitrogens with zero attached hydrogens (tertiary/aromatic N) is 2. The number of allylic oxidation sites excluding steroid dienone is 6. The van der Waals surface area contributed by atoms with Crippen molar-refractivity contribution in [3.8, 4) is 5.75 Å². The highest BCUT2D eigenvalue weighted by molar-refractivity contribution is 9.12. The molecule has 6 rings (SSSR count). The van der Waals surface area contributed by atoms with Crippen molar-refractivity contribution in [3.63, 3.8) is 0 Å². The number of aromatic hydroxyl groups is 1. The second kappa shape index (κ2) is 8.91. The third-order valence-corrected chi connectivity index (χ3v) is 8.54. The minimum atomic E-state index is -0.895. The standard InChI is InChI=1S/C28H18BrFN2O7/c29-19-11-22(34)25-18(26(19)35)10-17-15(23(25)12-1-8-21(33)20(30)9-12)6-7-16-24(17)28(37)31(27(16)36)13-2-4-14(5-3-13)32(38)39/h1-6,8-9,11,16-17,23-24,33H,7,10H2/t16-,17+,23-,24-/m0/s1. The van der Waals surface area contributed by atoms with Gasteiger partial charge in [-0.15, -0.1) is 0 Å². The Balaban J connectivity index is 1.46. The Bertz CT molecular complexity index is 1620. The molecule has 0 aromatic heterocycles. The minimum absolute atomic E-state index is 0.0417. The maximum atomic E-state index is 14.5. The fraction of sp³-hybridized carbons (Fsp3) is 0.214. The van der Waals surface area contributed by atoms with Crippen LogP contribution in [0, 0.1) is 33.7 Å². The van der Waals surface area contributed by atoms with Gasteiger partial charge in [-0.3, -0.25) is 34.2 Å². The van der Waals surface area contributed by atoms with Gasteiger partial charge in [0.1, 0.15) is 0 Å². The Morgan fingerprint density at radius 3 is 2.41 bits per heavy atom. The lowest BCUT2D eigenvalue weighted by Gasteiger charge is -2.42. The molecule has 11 heteroatoms. The number of benzene rings is 2. The number of nitro groups is 1. The molecule has 1 N–H and O–H groups in total. The number of carbonyl (C=O) groups excluding carboxylic acids is 4. The molecule has 4 atom stereocenters. The number of fused-ring (bicyclic) bond motifs is 3. The van der Waals surface area contributed by atoms with E-state index in [4.69, 9.17) is 0 Å². The second-order valence-electron chi connectivity index (χ2n) is 9.89. The number of hydrogen-bond donors (Lipinski definition) is 1. The van der Waals surface area contributed by atoms with E-state index in [0.29, 0.717) is 11.1 Å². The number of halogens is 2. The van der Waals surface area contributed by atoms with E-state index < -0.39 is 63.5 Å². The third kappa shape index (κ3) is 3.71. The number of Topliss-reactive ketones (excluding diaryl/α,β-unsaturated/α-hetero) is 1. The van der Waals surface area contributed by atoms with Crippen molar-refractivity contribution in [2.75, 3.05) is 4.90 Å². The monoisotopic (exact) mass is 592 g/mol. The van der Waals surface area contributed by atoms with E-state index in [0.717, 1.165) is 11.0 Å². The van der Waals surface area contributed by atoms with Gasteiger partial charge in [0.25, 0.3) is 5.69 Å². The zero-order valence-electron chi connectivity index (χ0n) is 20.0. The van der Waals surface area contributed by atoms with Gasteiger partial charge >= 0.3 is 0 Å². The summed E-state index contributed by atoms with van der Waals surface area (Å²) < 4.78 is 14.5. The fourth-order valence-electron chi connectivity index (χ4n) is 6.27. The first-order valence-electron chi connectivity index (χ1n) is 12.1. The number of anilines is 1. The molecule has 1 aliphatic heterocycles. The smallest absolute Gasteiger partial charge is 0.269 e. The first kappa shape index (κ1) is 25.1. The van der Waals surface area contributed by atoms with Crippen LogP contribution < -0.4 is 4.90 Å². The highest BCUT2D eigenvalue weighted by atomic mass is 79.9. The summed E-state index contributed by atoms with van der Waals surface area (Å²) in [5.74, 6) is -6.30. The summed E-state index contributed by atoms with van der Waals surface area (Å²) in [7, 11) is 0. The van der Waals surface area contributed by atoms with Crippen molar-refractivity contribution in [2.45, 2.75) is 18.8 Å². The SMILES string of the molecule is O=C1C=C(Br)C(=O)C2=C1[C@@H](c1ccc(O)c(F)c1)C1=CC[C@@H]3C(=O)N(c4ccc([N+](=O)[O-])cc4)C(=O)[C@@H]3[C@@H]1C2. The molecule has 2 aromatic rings. The van der Waals surface area contributed by atoms with Crippen LogP contribution in [0.1, 0.15) is 24.3 Å². The summed E-state index contributed by atoms with van der Waals surface area (Å²) in [4.78, 5) is 65.1. The van der Waals surface area contributed by atoms with Crippen molar-refractivity contribution < 1.29 is 33.6 Å². The molecular weight excluding hydrogens is 575 g/mol. The molecule has 196 valence electrons. The van der Waals surface area contributed by atoms with Crippen molar-refractivity contribution in [1.29, 1.82) is 0 Å². The average molecular weight is 593 g/mol. The van der Waals surface area contributed by atoms with E-state index in [2.05, 4.69) is 15.9 Å². The van der Waals surface area contributed by atoms with E-state index in [1.807, 2.05) is 0 Å². The summed E-state index contributed by atoms with van der Waals surface area (Å²) in [6, 6.07) is 8.86. The summed E-state index contributed by atoms with van der Waals surface area (Å²) in [5, 5.41) is 20.8. The third-order valence-electron chi connectivity index (χ3n) is 7.95. The number of rotatable bonds is 3. The van der Waals surface area contributed by atoms with Gasteiger partial charge < -0.3 is 5.11 Å². The van der Waals surface area contributed by atoms with Gasteiger partial charge in [0.15, 0.2) is 23.1 Å². The van der Waals surface area contributed by atoms with Crippen molar-refractivity contribution in [1.82, 2.24) is 0 Å². The van der Waals surface area contributed by atoms with Crippen molar-refractivity contribution in [2.24, 2.45) is 17.8 Å². The van der Waals surface area contributed by atoms with Gasteiger partial charge in [-0.1, -0.05) is 17.7 Å². The molecule has 1 heterocycles. The molecule has 0 unspecified atom stereocenters. The molecule has 0 spiro atoms. The van der Waals surface area contributed by atoms with Gasteiger partial charge in [0.05, 0.1) is 26.9 Å². The highest BCUT2D eigenvalue weighted by Crippen LogP contribution is 2.55. The Morgan fingerprint density at radius 1 is 1.03 bits per heavy atom. The van der Waals surface area contributed by atoms with Crippen LogP contribution in [0.4, 0.5) is 15.8 Å². The van der Waals surface area contributed by atoms with Crippen LogP contribution in [-0.4, -0.2) is 33.4 Å². The number of imide groups is 1. The van der Waals surface area contributed by atoms with Gasteiger partial charge in [-0.05, 0) is 64.5 Å². The van der Waals surface area contributed by atoms with Crippen LogP contribution in [0.5, 0.6) is 5.75 Å². The van der Waals surface area contributed by atoms with Crippen LogP contribution in [0.2, 0.25) is 0 Å². The van der Waals surface area contributed by atoms with Gasteiger partial charge in [0.2, 0.25) is 11.8 Å². The minimum Gasteiger partial charge on any atom is -0.505 e. The molecule has 2 amide bonds. The Morgan fingerprint density at radius 2 is 1.74 bits per heavy atom. The summed E-state index contributed by atoms with van der Waals surface area (Å²) >= 11 is 3.15. The molecule has 3 aliphatic carbocycles. The number of non-ortho nitro benzene ring substituents is 1. The van der Waals surface area contributed by atoms with Crippen molar-refractivity contribution in [3.05, 3.63) is 97.3 Å². The molecule has 1 saturated heterocycles. The van der Waals surface area contributed by atoms with E-state index in [9.17, 15) is 38.8 Å². The molecule has 1 fully saturated rings. The quantitative estimate of drug-likeness (QED) is 0.183. The van der Waals surface area contributed by atoms with Crippen molar-refractivity contribution >= 4 is 50.7 Å². The predicted octanol–water partition coefficient (Wildman–Crippen LogP) is 4.41. The lowest BCUT2D eigenvalue weighted by Crippen LogP contribution is -2.39. The predicted molar refractivity (Wildman–Crippen MR) is 138 cm³/mol. The molecule has 0 bridgehead atoms. The summed E-state index contributed by atoms with van der Waals surface area (Å²) in [6.07, 6.45) is 3.20. The van der Waals surface area contributed by atoms with Gasteiger partial charge in [0, 0.05) is 35.3 Å². The van der Waals surface area contributed by atoms with Gasteiger partial charge in [-0.2, -0.15) is 0 Å². The number of amides is 2. The first-order valence-corrected chi connectivity index (χ1v) is 12.9. The zero-order chi connectivity index (χ0) is 27.7. The van der Waals surface area contributed by atoms with Crippen LogP contribution in [0.15, 0.2) is 75.8 Å². The van der Waals surface area contributed by atoms with Crippen LogP contribution in [0.25, 0.3) is 0 Å². The first-order chi connectivity index (χ1) is 18.6. The van der Waals surface area contributed by atoms with E-state index in [1.54, 1.807) is 6.08 Å². The zero-order valence-corrected chi connectivity index (χ0v) is 21.6. The van der Waals surface area contributed by atoms with Crippen LogP contribution in [0.3, 0.4) is 0 Å². The Labute approximate surface area is 228 Å². The highest BCUT2D eigenvalue weighted by Gasteiger charge is 2.56. The molecule has 2 aromatic carbocycles. The fourth-order valence-corrected chi connectivity index (χ4v) is 6.71. The Kier molecular flexibility index (Phi) is 5.72. The average Bonchev–Trinajstić information content (AvgIpc) is 3.17.